The molecule has 0 spiro atoms. The van der Waals surface area contributed by atoms with Crippen molar-refractivity contribution in [3.63, 3.8) is 0 Å². The van der Waals surface area contributed by atoms with Gasteiger partial charge in [-0.25, -0.2) is 0 Å². The Bertz CT molecular complexity index is 412. The number of ether oxygens (including phenoxy) is 1. The average molecular weight is 311 g/mol. The van der Waals surface area contributed by atoms with Crippen molar-refractivity contribution in [1.82, 2.24) is 5.32 Å². The van der Waals surface area contributed by atoms with Gasteiger partial charge in [0.1, 0.15) is 5.75 Å². The van der Waals surface area contributed by atoms with Gasteiger partial charge in [-0.3, -0.25) is 0 Å². The highest BCUT2D eigenvalue weighted by molar-refractivity contribution is 7.99. The molecule has 2 unspecified atom stereocenters. The number of hydrogen-bond acceptors (Lipinski definition) is 4. The van der Waals surface area contributed by atoms with Crippen molar-refractivity contribution in [1.29, 1.82) is 0 Å². The molecular formula is C17H29NO2S. The number of hydrogen-bond donors (Lipinski definition) is 2. The standard InChI is InChI=1S/C17H29NO2S/c1-5-9-18-14(3)15-6-7-17(20-4)16(11-15)12-21-13(2)8-10-19/h6-7,11,13-14,18-19H,5,8-10,12H2,1-4H3. The van der Waals surface area contributed by atoms with E-state index in [2.05, 4.69) is 44.3 Å². The summed E-state index contributed by atoms with van der Waals surface area (Å²) in [6.45, 7) is 7.82. The van der Waals surface area contributed by atoms with E-state index in [1.165, 1.54) is 11.1 Å². The smallest absolute Gasteiger partial charge is 0.122 e. The summed E-state index contributed by atoms with van der Waals surface area (Å²) in [4.78, 5) is 0. The third-order valence-electron chi connectivity index (χ3n) is 3.56. The Balaban J connectivity index is 2.75. The molecular weight excluding hydrogens is 282 g/mol. The fraction of sp³-hybridized carbons (Fsp3) is 0.647. The molecule has 0 aliphatic heterocycles. The molecule has 3 nitrogen and oxygen atoms in total. The molecule has 21 heavy (non-hydrogen) atoms. The highest BCUT2D eigenvalue weighted by Crippen LogP contribution is 2.29. The van der Waals surface area contributed by atoms with Crippen LogP contribution in [0.5, 0.6) is 5.75 Å². The summed E-state index contributed by atoms with van der Waals surface area (Å²) >= 11 is 1.86. The fourth-order valence-corrected chi connectivity index (χ4v) is 3.12. The highest BCUT2D eigenvalue weighted by atomic mass is 32.2. The van der Waals surface area contributed by atoms with Gasteiger partial charge in [-0.05, 0) is 44.0 Å². The highest BCUT2D eigenvalue weighted by Gasteiger charge is 2.11. The van der Waals surface area contributed by atoms with E-state index in [0.717, 1.165) is 30.9 Å². The van der Waals surface area contributed by atoms with Gasteiger partial charge in [0.15, 0.2) is 0 Å². The number of methoxy groups -OCH3 is 1. The largest absolute Gasteiger partial charge is 0.496 e. The molecule has 0 saturated carbocycles. The molecule has 0 aliphatic carbocycles. The van der Waals surface area contributed by atoms with Crippen molar-refractivity contribution in [2.75, 3.05) is 20.3 Å². The average Bonchev–Trinajstić information content (AvgIpc) is 2.50. The lowest BCUT2D eigenvalue weighted by Crippen LogP contribution is -2.19. The minimum absolute atomic E-state index is 0.253. The first-order valence-corrected chi connectivity index (χ1v) is 8.79. The van der Waals surface area contributed by atoms with Gasteiger partial charge in [0.05, 0.1) is 7.11 Å². The number of rotatable bonds is 10. The molecule has 2 atom stereocenters. The predicted molar refractivity (Wildman–Crippen MR) is 92.2 cm³/mol. The molecule has 0 radical (unpaired) electrons. The molecule has 1 aromatic rings. The van der Waals surface area contributed by atoms with Gasteiger partial charge in [0, 0.05) is 29.2 Å². The van der Waals surface area contributed by atoms with Crippen molar-refractivity contribution in [2.45, 2.75) is 50.7 Å². The summed E-state index contributed by atoms with van der Waals surface area (Å²) in [6, 6.07) is 6.79. The van der Waals surface area contributed by atoms with E-state index in [-0.39, 0.29) is 6.61 Å². The summed E-state index contributed by atoms with van der Waals surface area (Å²) in [5.74, 6) is 1.86. The van der Waals surface area contributed by atoms with Crippen molar-refractivity contribution >= 4 is 11.8 Å². The van der Waals surface area contributed by atoms with Crippen molar-refractivity contribution in [3.05, 3.63) is 29.3 Å². The van der Waals surface area contributed by atoms with E-state index in [9.17, 15) is 0 Å². The van der Waals surface area contributed by atoms with E-state index >= 15 is 0 Å². The van der Waals surface area contributed by atoms with Crippen LogP contribution in [0.3, 0.4) is 0 Å². The lowest BCUT2D eigenvalue weighted by Gasteiger charge is -2.17. The molecule has 0 bridgehead atoms. The molecule has 120 valence electrons. The maximum atomic E-state index is 8.99. The van der Waals surface area contributed by atoms with Gasteiger partial charge in [0.2, 0.25) is 0 Å². The zero-order valence-corrected chi connectivity index (χ0v) is 14.5. The number of aliphatic hydroxyl groups is 1. The first-order valence-electron chi connectivity index (χ1n) is 7.75. The Hall–Kier alpha value is -0.710. The molecule has 0 heterocycles. The van der Waals surface area contributed by atoms with Crippen LogP contribution in [0.25, 0.3) is 0 Å². The Kier molecular flexibility index (Phi) is 8.81. The minimum atomic E-state index is 0.253. The van der Waals surface area contributed by atoms with Crippen LogP contribution in [-0.4, -0.2) is 30.6 Å². The quantitative estimate of drug-likeness (QED) is 0.690. The van der Waals surface area contributed by atoms with Crippen LogP contribution in [0.1, 0.15) is 50.8 Å². The predicted octanol–water partition coefficient (Wildman–Crippen LogP) is 3.76. The van der Waals surface area contributed by atoms with Crippen LogP contribution < -0.4 is 10.1 Å². The molecule has 0 fully saturated rings. The molecule has 2 N–H and O–H groups in total. The molecule has 0 aromatic heterocycles. The van der Waals surface area contributed by atoms with Gasteiger partial charge in [0.25, 0.3) is 0 Å². The topological polar surface area (TPSA) is 41.5 Å². The zero-order valence-electron chi connectivity index (χ0n) is 13.7. The second kappa shape index (κ2) is 10.1. The molecule has 0 amide bonds. The van der Waals surface area contributed by atoms with Gasteiger partial charge in [-0.1, -0.05) is 19.9 Å². The molecule has 4 heteroatoms. The van der Waals surface area contributed by atoms with Crippen molar-refractivity contribution in [3.8, 4) is 5.75 Å². The van der Waals surface area contributed by atoms with Crippen LogP contribution in [0.2, 0.25) is 0 Å². The van der Waals surface area contributed by atoms with Crippen LogP contribution in [-0.2, 0) is 5.75 Å². The van der Waals surface area contributed by atoms with E-state index in [4.69, 9.17) is 9.84 Å². The van der Waals surface area contributed by atoms with E-state index < -0.39 is 0 Å². The summed E-state index contributed by atoms with van der Waals surface area (Å²) in [5, 5.41) is 13.0. The summed E-state index contributed by atoms with van der Waals surface area (Å²) in [5.41, 5.74) is 2.53. The first kappa shape index (κ1) is 18.3. The Labute approximate surface area is 133 Å². The molecule has 0 aliphatic rings. The molecule has 0 saturated heterocycles. The maximum absolute atomic E-state index is 8.99. The van der Waals surface area contributed by atoms with Crippen LogP contribution in [0.4, 0.5) is 0 Å². The van der Waals surface area contributed by atoms with Crippen LogP contribution >= 0.6 is 11.8 Å². The maximum Gasteiger partial charge on any atom is 0.122 e. The normalized spacial score (nSPS) is 14.0. The Morgan fingerprint density at radius 3 is 2.71 bits per heavy atom. The molecule has 1 aromatic carbocycles. The third kappa shape index (κ3) is 6.29. The number of nitrogens with one attached hydrogen (secondary N) is 1. The zero-order chi connectivity index (χ0) is 15.7. The van der Waals surface area contributed by atoms with Gasteiger partial charge in [-0.15, -0.1) is 0 Å². The van der Waals surface area contributed by atoms with E-state index in [0.29, 0.717) is 11.3 Å². The number of aliphatic hydroxyl groups excluding tert-OH is 1. The second-order valence-electron chi connectivity index (χ2n) is 5.38. The SMILES string of the molecule is CCCNC(C)c1ccc(OC)c(CSC(C)CCO)c1. The van der Waals surface area contributed by atoms with Crippen LogP contribution in [0, 0.1) is 0 Å². The van der Waals surface area contributed by atoms with Gasteiger partial charge >= 0.3 is 0 Å². The lowest BCUT2D eigenvalue weighted by molar-refractivity contribution is 0.289. The van der Waals surface area contributed by atoms with E-state index in [1.54, 1.807) is 7.11 Å². The van der Waals surface area contributed by atoms with Crippen LogP contribution in [0.15, 0.2) is 18.2 Å². The third-order valence-corrected chi connectivity index (χ3v) is 4.85. The summed E-state index contributed by atoms with van der Waals surface area (Å²) in [6.07, 6.45) is 1.98. The first-order chi connectivity index (χ1) is 10.1. The lowest BCUT2D eigenvalue weighted by atomic mass is 10.0. The number of benzene rings is 1. The monoisotopic (exact) mass is 311 g/mol. The van der Waals surface area contributed by atoms with Crippen molar-refractivity contribution < 1.29 is 9.84 Å². The summed E-state index contributed by atoms with van der Waals surface area (Å²) in [7, 11) is 1.72. The summed E-state index contributed by atoms with van der Waals surface area (Å²) < 4.78 is 5.47. The second-order valence-corrected chi connectivity index (χ2v) is 6.81. The van der Waals surface area contributed by atoms with E-state index in [1.807, 2.05) is 11.8 Å². The Morgan fingerprint density at radius 1 is 1.33 bits per heavy atom. The van der Waals surface area contributed by atoms with Crippen molar-refractivity contribution in [2.24, 2.45) is 0 Å². The minimum Gasteiger partial charge on any atom is -0.496 e. The Morgan fingerprint density at radius 2 is 2.10 bits per heavy atom. The van der Waals surface area contributed by atoms with Gasteiger partial charge < -0.3 is 15.2 Å². The fourth-order valence-electron chi connectivity index (χ4n) is 2.16. The molecule has 1 rings (SSSR count). The van der Waals surface area contributed by atoms with Gasteiger partial charge in [-0.2, -0.15) is 11.8 Å². The number of thioether (sulfide) groups is 1.